The fraction of sp³-hybridized carbons (Fsp3) is 0.222. The maximum Gasteiger partial charge on any atom is 0.226 e. The van der Waals surface area contributed by atoms with Crippen molar-refractivity contribution in [3.05, 3.63) is 71.3 Å². The molecule has 4 nitrogen and oxygen atoms in total. The molecule has 1 fully saturated rings. The number of rotatable bonds is 1. The quantitative estimate of drug-likeness (QED) is 0.872. The number of likely N-dealkylation sites (N-methyl/N-ethyl adjacent to an activating group) is 1. The second-order valence-electron chi connectivity index (χ2n) is 5.95. The lowest BCUT2D eigenvalue weighted by Crippen LogP contribution is -2.51. The van der Waals surface area contributed by atoms with E-state index in [2.05, 4.69) is 0 Å². The molecule has 0 spiro atoms. The SMILES string of the molecule is CN1C(=O)CC2(c3ccccc3)C(=O)c3ccccc3C12O. The van der Waals surface area contributed by atoms with Crippen LogP contribution in [0.1, 0.15) is 27.9 Å². The van der Waals surface area contributed by atoms with E-state index in [1.165, 1.54) is 4.90 Å². The Labute approximate surface area is 128 Å². The molecule has 0 saturated carbocycles. The van der Waals surface area contributed by atoms with Gasteiger partial charge in [-0.15, -0.1) is 0 Å². The number of nitrogens with zero attached hydrogens (tertiary/aromatic N) is 1. The highest BCUT2D eigenvalue weighted by Gasteiger charge is 2.71. The van der Waals surface area contributed by atoms with E-state index < -0.39 is 11.1 Å². The molecule has 1 aliphatic carbocycles. The van der Waals surface area contributed by atoms with E-state index in [4.69, 9.17) is 0 Å². The lowest BCUT2D eigenvalue weighted by molar-refractivity contribution is -0.146. The molecular formula is C18H15NO3. The van der Waals surface area contributed by atoms with Crippen molar-refractivity contribution in [1.29, 1.82) is 0 Å². The largest absolute Gasteiger partial charge is 0.366 e. The minimum atomic E-state index is -1.63. The van der Waals surface area contributed by atoms with Crippen LogP contribution in [-0.4, -0.2) is 28.7 Å². The Morgan fingerprint density at radius 3 is 2.36 bits per heavy atom. The molecule has 1 saturated heterocycles. The van der Waals surface area contributed by atoms with E-state index in [-0.39, 0.29) is 18.1 Å². The van der Waals surface area contributed by atoms with Crippen LogP contribution in [0, 0.1) is 0 Å². The zero-order valence-electron chi connectivity index (χ0n) is 12.1. The van der Waals surface area contributed by atoms with Crippen LogP contribution in [0.5, 0.6) is 0 Å². The number of carbonyl (C=O) groups excluding carboxylic acids is 2. The first-order valence-corrected chi connectivity index (χ1v) is 7.22. The fourth-order valence-corrected chi connectivity index (χ4v) is 3.96. The van der Waals surface area contributed by atoms with E-state index in [0.29, 0.717) is 16.7 Å². The molecule has 0 radical (unpaired) electrons. The summed E-state index contributed by atoms with van der Waals surface area (Å²) in [7, 11) is 1.56. The number of aliphatic hydroxyl groups is 1. The van der Waals surface area contributed by atoms with Crippen molar-refractivity contribution in [2.24, 2.45) is 0 Å². The molecule has 2 aliphatic rings. The summed E-state index contributed by atoms with van der Waals surface area (Å²) in [5.41, 5.74) is -1.20. The molecular weight excluding hydrogens is 278 g/mol. The highest BCUT2D eigenvalue weighted by molar-refractivity contribution is 6.14. The van der Waals surface area contributed by atoms with Crippen molar-refractivity contribution in [2.75, 3.05) is 7.05 Å². The summed E-state index contributed by atoms with van der Waals surface area (Å²) in [6.45, 7) is 0. The zero-order valence-corrected chi connectivity index (χ0v) is 12.1. The number of Topliss-reactive ketones (excluding diaryl/α,β-unsaturated/α-hetero) is 1. The summed E-state index contributed by atoms with van der Waals surface area (Å²) in [5.74, 6) is -0.413. The second kappa shape index (κ2) is 4.05. The Bertz CT molecular complexity index is 801. The van der Waals surface area contributed by atoms with Gasteiger partial charge in [-0.2, -0.15) is 0 Å². The number of hydrogen-bond acceptors (Lipinski definition) is 3. The minimum Gasteiger partial charge on any atom is -0.366 e. The molecule has 1 heterocycles. The summed E-state index contributed by atoms with van der Waals surface area (Å²) in [4.78, 5) is 26.8. The van der Waals surface area contributed by atoms with Crippen molar-refractivity contribution in [3.63, 3.8) is 0 Å². The number of likely N-dealkylation sites (tertiary alicyclic amines) is 1. The predicted molar refractivity (Wildman–Crippen MR) is 80.2 cm³/mol. The number of amides is 1. The molecule has 2 aromatic carbocycles. The van der Waals surface area contributed by atoms with Gasteiger partial charge in [0.2, 0.25) is 5.91 Å². The highest BCUT2D eigenvalue weighted by Crippen LogP contribution is 2.58. The van der Waals surface area contributed by atoms with Crippen LogP contribution in [0.15, 0.2) is 54.6 Å². The van der Waals surface area contributed by atoms with E-state index >= 15 is 0 Å². The zero-order chi connectivity index (χ0) is 15.5. The van der Waals surface area contributed by atoms with Crippen LogP contribution in [0.25, 0.3) is 0 Å². The number of fused-ring (bicyclic) bond motifs is 3. The average molecular weight is 293 g/mol. The fourth-order valence-electron chi connectivity index (χ4n) is 3.96. The molecule has 2 aromatic rings. The second-order valence-corrected chi connectivity index (χ2v) is 5.95. The maximum atomic E-state index is 13.2. The van der Waals surface area contributed by atoms with Crippen LogP contribution >= 0.6 is 0 Å². The Kier molecular flexibility index (Phi) is 2.43. The van der Waals surface area contributed by atoms with Crippen molar-refractivity contribution >= 4 is 11.7 Å². The maximum absolute atomic E-state index is 13.2. The van der Waals surface area contributed by atoms with Crippen LogP contribution < -0.4 is 0 Å². The third kappa shape index (κ3) is 1.23. The normalized spacial score (nSPS) is 29.6. The molecule has 22 heavy (non-hydrogen) atoms. The van der Waals surface area contributed by atoms with E-state index in [0.717, 1.165) is 0 Å². The van der Waals surface area contributed by atoms with Gasteiger partial charge in [-0.3, -0.25) is 9.59 Å². The van der Waals surface area contributed by atoms with E-state index in [1.54, 1.807) is 43.4 Å². The first kappa shape index (κ1) is 13.2. The molecule has 2 atom stereocenters. The summed E-state index contributed by atoms with van der Waals surface area (Å²) in [6.07, 6.45) is -0.0163. The average Bonchev–Trinajstić information content (AvgIpc) is 2.89. The Hall–Kier alpha value is -2.46. The van der Waals surface area contributed by atoms with E-state index in [1.807, 2.05) is 18.2 Å². The van der Waals surface area contributed by atoms with Gasteiger partial charge in [0.25, 0.3) is 0 Å². The van der Waals surface area contributed by atoms with Gasteiger partial charge in [0.05, 0.1) is 0 Å². The summed E-state index contributed by atoms with van der Waals surface area (Å²) in [6, 6.07) is 16.1. The Balaban J connectivity index is 2.09. The Morgan fingerprint density at radius 1 is 1.00 bits per heavy atom. The van der Waals surface area contributed by atoms with E-state index in [9.17, 15) is 14.7 Å². The van der Waals surface area contributed by atoms with Gasteiger partial charge in [0.15, 0.2) is 11.5 Å². The number of ketones is 1. The highest BCUT2D eigenvalue weighted by atomic mass is 16.3. The first-order valence-electron chi connectivity index (χ1n) is 7.22. The van der Waals surface area contributed by atoms with Crippen LogP contribution in [0.4, 0.5) is 0 Å². The van der Waals surface area contributed by atoms with Gasteiger partial charge < -0.3 is 10.0 Å². The van der Waals surface area contributed by atoms with Crippen molar-refractivity contribution < 1.29 is 14.7 Å². The van der Waals surface area contributed by atoms with Crippen LogP contribution in [0.2, 0.25) is 0 Å². The molecule has 0 aromatic heterocycles. The number of hydrogen-bond donors (Lipinski definition) is 1. The molecule has 1 N–H and O–H groups in total. The molecule has 4 heteroatoms. The number of benzene rings is 2. The van der Waals surface area contributed by atoms with Gasteiger partial charge in [0, 0.05) is 24.6 Å². The van der Waals surface area contributed by atoms with Gasteiger partial charge in [-0.1, -0.05) is 54.6 Å². The van der Waals surface area contributed by atoms with Crippen molar-refractivity contribution in [1.82, 2.24) is 4.90 Å². The molecule has 2 unspecified atom stereocenters. The lowest BCUT2D eigenvalue weighted by atomic mass is 9.71. The number of carbonyl (C=O) groups is 2. The topological polar surface area (TPSA) is 57.6 Å². The molecule has 110 valence electrons. The first-order chi connectivity index (χ1) is 10.5. The third-order valence-corrected chi connectivity index (χ3v) is 5.07. The van der Waals surface area contributed by atoms with Crippen LogP contribution in [0.3, 0.4) is 0 Å². The van der Waals surface area contributed by atoms with Gasteiger partial charge in [-0.05, 0) is 5.56 Å². The molecule has 4 rings (SSSR count). The smallest absolute Gasteiger partial charge is 0.226 e. The molecule has 1 amide bonds. The molecule has 0 bridgehead atoms. The summed E-state index contributed by atoms with van der Waals surface area (Å²) < 4.78 is 0. The minimum absolute atomic E-state index is 0.0163. The van der Waals surface area contributed by atoms with Crippen molar-refractivity contribution in [3.8, 4) is 0 Å². The Morgan fingerprint density at radius 2 is 1.64 bits per heavy atom. The van der Waals surface area contributed by atoms with Gasteiger partial charge in [-0.25, -0.2) is 0 Å². The standard InChI is InChI=1S/C18H15NO3/c1-19-15(20)11-17(12-7-3-2-4-8-12)16(21)13-9-5-6-10-14(13)18(17,19)22/h2-10,22H,11H2,1H3. The third-order valence-electron chi connectivity index (χ3n) is 5.07. The van der Waals surface area contributed by atoms with Gasteiger partial charge in [0.1, 0.15) is 5.41 Å². The van der Waals surface area contributed by atoms with Crippen molar-refractivity contribution in [2.45, 2.75) is 17.6 Å². The summed E-state index contributed by atoms with van der Waals surface area (Å²) >= 11 is 0. The van der Waals surface area contributed by atoms with Crippen LogP contribution in [-0.2, 0) is 15.9 Å². The summed E-state index contributed by atoms with van der Waals surface area (Å²) in [5, 5.41) is 11.5. The predicted octanol–water partition coefficient (Wildman–Crippen LogP) is 1.83. The van der Waals surface area contributed by atoms with Gasteiger partial charge >= 0.3 is 0 Å². The lowest BCUT2D eigenvalue weighted by Gasteiger charge is -2.38. The monoisotopic (exact) mass is 293 g/mol. The molecule has 1 aliphatic heterocycles.